The third-order valence-electron chi connectivity index (χ3n) is 6.47. The Morgan fingerprint density at radius 1 is 0.289 bits per heavy atom. The summed E-state index contributed by atoms with van der Waals surface area (Å²) < 4.78 is 229. The Morgan fingerprint density at radius 3 is 0.489 bits per heavy atom. The highest BCUT2D eigenvalue weighted by molar-refractivity contribution is 6.94. The van der Waals surface area contributed by atoms with E-state index in [2.05, 4.69) is 0 Å². The predicted octanol–water partition coefficient (Wildman–Crippen LogP) is 10.2. The van der Waals surface area contributed by atoms with Gasteiger partial charge in [-0.1, -0.05) is 0 Å². The Labute approximate surface area is 255 Å². The summed E-state index contributed by atoms with van der Waals surface area (Å²) in [5.41, 5.74) is 0. The Bertz CT molecular complexity index is 772. The van der Waals surface area contributed by atoms with Gasteiger partial charge in [0.2, 0.25) is 0 Å². The molecule has 0 aliphatic carbocycles. The number of alkyl halides is 15. The van der Waals surface area contributed by atoms with Crippen LogP contribution in [-0.2, 0) is 20.6 Å². The smallest absolute Gasteiger partial charge is 0.389 e. The molecule has 0 N–H and O–H groups in total. The van der Waals surface area contributed by atoms with Crippen molar-refractivity contribution in [2.24, 2.45) is 0 Å². The predicted molar refractivity (Wildman–Crippen MR) is 141 cm³/mol. The van der Waals surface area contributed by atoms with Gasteiger partial charge in [0.25, 0.3) is 0 Å². The summed E-state index contributed by atoms with van der Waals surface area (Å²) in [4.78, 5) is 0. The minimum Gasteiger partial charge on any atom is -0.416 e. The Balaban J connectivity index is 3.95. The number of hydrogen-bond donors (Lipinski definition) is 0. The van der Waals surface area contributed by atoms with E-state index in [4.69, 9.17) is 20.6 Å². The first kappa shape index (κ1) is 42.9. The highest BCUT2D eigenvalue weighted by Crippen LogP contribution is 2.43. The lowest BCUT2D eigenvalue weighted by Crippen LogP contribution is -2.67. The van der Waals surface area contributed by atoms with E-state index >= 15 is 0 Å². The van der Waals surface area contributed by atoms with E-state index in [1.54, 1.807) is 0 Å². The molecule has 0 aromatic carbocycles. The zero-order valence-corrected chi connectivity index (χ0v) is 29.8. The van der Waals surface area contributed by atoms with Crippen LogP contribution in [0.4, 0.5) is 65.9 Å². The second-order valence-corrected chi connectivity index (χ2v) is 29.7. The van der Waals surface area contributed by atoms with Gasteiger partial charge in [-0.05, 0) is 63.0 Å². The summed E-state index contributed by atoms with van der Waals surface area (Å²) in [5, 5.41) is 0. The van der Waals surface area contributed by atoms with E-state index in [9.17, 15) is 65.9 Å². The fraction of sp³-hybridized carbons (Fsp3) is 1.00. The Kier molecular flexibility index (Phi) is 13.7. The van der Waals surface area contributed by atoms with Crippen LogP contribution in [0.3, 0.4) is 0 Å². The maximum absolute atomic E-state index is 13.3. The zero-order valence-electron chi connectivity index (χ0n) is 24.8. The molecule has 0 aromatic rings. The molecule has 1 rings (SSSR count). The lowest BCUT2D eigenvalue weighted by molar-refractivity contribution is -0.132. The highest BCUT2D eigenvalue weighted by Gasteiger charge is 2.59. The minimum absolute atomic E-state index is 0.925. The molecule has 270 valence electrons. The standard InChI is InChI=1S/C20H35F15O5Si5/c1-41(11-6-16(21,22)23)36-42(2,12-7-17(24,25)26)38-44(4,14-9-19(30,31)32)40-45(5,15-10-20(33,34)35)39-43(3,37-41)13-8-18(27,28)29/h6-15H2,1-5H3. The van der Waals surface area contributed by atoms with Gasteiger partial charge < -0.3 is 20.6 Å². The van der Waals surface area contributed by atoms with Crippen molar-refractivity contribution >= 4 is 42.8 Å². The summed E-state index contributed by atoms with van der Waals surface area (Å²) in [5.74, 6) is 0. The molecule has 1 aliphatic heterocycles. The van der Waals surface area contributed by atoms with E-state index in [0.29, 0.717) is 0 Å². The van der Waals surface area contributed by atoms with Gasteiger partial charge in [-0.3, -0.25) is 0 Å². The van der Waals surface area contributed by atoms with E-state index in [0.717, 1.165) is 32.7 Å². The maximum atomic E-state index is 13.3. The van der Waals surface area contributed by atoms with Gasteiger partial charge in [0.1, 0.15) is 0 Å². The monoisotopic (exact) mass is 780 g/mol. The molecule has 0 bridgehead atoms. The molecule has 0 aromatic heterocycles. The maximum Gasteiger partial charge on any atom is 0.389 e. The Morgan fingerprint density at radius 2 is 0.400 bits per heavy atom. The lowest BCUT2D eigenvalue weighted by atomic mass is 10.5. The van der Waals surface area contributed by atoms with Crippen molar-refractivity contribution in [2.45, 2.75) is 126 Å². The fourth-order valence-corrected chi connectivity index (χ4v) is 33.5. The van der Waals surface area contributed by atoms with Crippen molar-refractivity contribution in [3.63, 3.8) is 0 Å². The van der Waals surface area contributed by atoms with Crippen LogP contribution in [0.15, 0.2) is 0 Å². The normalized spacial score (nSPS) is 33.3. The first-order chi connectivity index (χ1) is 19.6. The molecule has 25 heteroatoms. The summed E-state index contributed by atoms with van der Waals surface area (Å²) >= 11 is 0. The van der Waals surface area contributed by atoms with Crippen LogP contribution in [0, 0.1) is 0 Å². The largest absolute Gasteiger partial charge is 0.416 e. The topological polar surface area (TPSA) is 46.2 Å². The van der Waals surface area contributed by atoms with Crippen LogP contribution in [0.5, 0.6) is 0 Å². The molecule has 0 radical (unpaired) electrons. The molecule has 5 nitrogen and oxygen atoms in total. The van der Waals surface area contributed by atoms with Crippen LogP contribution in [0.25, 0.3) is 0 Å². The van der Waals surface area contributed by atoms with E-state index in [-0.39, 0.29) is 0 Å². The number of halogens is 15. The third-order valence-corrected chi connectivity index (χ3v) is 29.5. The van der Waals surface area contributed by atoms with Crippen LogP contribution in [0.1, 0.15) is 32.1 Å². The van der Waals surface area contributed by atoms with Crippen LogP contribution in [0.2, 0.25) is 63.0 Å². The van der Waals surface area contributed by atoms with Gasteiger partial charge in [-0.2, -0.15) is 65.9 Å². The first-order valence-corrected chi connectivity index (χ1v) is 26.0. The second kappa shape index (κ2) is 14.4. The summed E-state index contributed by atoms with van der Waals surface area (Å²) in [6.45, 7) is 4.63. The van der Waals surface area contributed by atoms with Gasteiger partial charge >= 0.3 is 73.7 Å². The molecule has 45 heavy (non-hydrogen) atoms. The summed E-state index contributed by atoms with van der Waals surface area (Å²) in [6, 6.07) is -5.44. The quantitative estimate of drug-likeness (QED) is 0.163. The SMILES string of the molecule is C[Si]1(CCC(F)(F)F)O[Si](C)(CCC(F)(F)F)O[Si](C)(CCC(F)(F)F)O[Si](C)(CCC(F)(F)F)O[Si](C)(CCC(F)(F)F)O1. The Hall–Kier alpha value is -0.166. The van der Waals surface area contributed by atoms with Gasteiger partial charge in [0, 0.05) is 32.1 Å². The molecule has 0 spiro atoms. The second-order valence-electron chi connectivity index (χ2n) is 11.8. The first-order valence-electron chi connectivity index (χ1n) is 13.4. The van der Waals surface area contributed by atoms with Crippen molar-refractivity contribution in [1.29, 1.82) is 0 Å². The van der Waals surface area contributed by atoms with Crippen molar-refractivity contribution in [1.82, 2.24) is 0 Å². The van der Waals surface area contributed by atoms with Gasteiger partial charge in [-0.25, -0.2) is 0 Å². The number of hydrogen-bond acceptors (Lipinski definition) is 5. The van der Waals surface area contributed by atoms with E-state index in [1.807, 2.05) is 0 Å². The summed E-state index contributed by atoms with van der Waals surface area (Å²) in [6.07, 6.45) is -32.9. The molecule has 1 heterocycles. The van der Waals surface area contributed by atoms with Crippen molar-refractivity contribution < 1.29 is 86.4 Å². The summed E-state index contributed by atoms with van der Waals surface area (Å²) in [7, 11) is -23.1. The average molecular weight is 781 g/mol. The van der Waals surface area contributed by atoms with Gasteiger partial charge in [-0.15, -0.1) is 0 Å². The minimum atomic E-state index is -4.91. The molecule has 1 aliphatic rings. The van der Waals surface area contributed by atoms with Crippen molar-refractivity contribution in [3.05, 3.63) is 0 Å². The molecule has 1 fully saturated rings. The van der Waals surface area contributed by atoms with E-state index in [1.165, 1.54) is 0 Å². The van der Waals surface area contributed by atoms with Crippen LogP contribution >= 0.6 is 0 Å². The lowest BCUT2D eigenvalue weighted by Gasteiger charge is -2.50. The van der Waals surface area contributed by atoms with Crippen LogP contribution < -0.4 is 0 Å². The van der Waals surface area contributed by atoms with Crippen molar-refractivity contribution in [2.75, 3.05) is 0 Å². The molecular weight excluding hydrogens is 746 g/mol. The molecule has 0 amide bonds. The highest BCUT2D eigenvalue weighted by atomic mass is 28.5. The van der Waals surface area contributed by atoms with Gasteiger partial charge in [0.15, 0.2) is 0 Å². The van der Waals surface area contributed by atoms with E-state index < -0.39 is 136 Å². The molecule has 1 saturated heterocycles. The molecule has 0 saturated carbocycles. The zero-order chi connectivity index (χ0) is 35.6. The molecular formula is C20H35F15O5Si5. The fourth-order valence-electron chi connectivity index (χ4n) is 4.74. The molecule has 0 unspecified atom stereocenters. The van der Waals surface area contributed by atoms with Crippen LogP contribution in [-0.4, -0.2) is 73.7 Å². The van der Waals surface area contributed by atoms with Gasteiger partial charge in [0.05, 0.1) is 0 Å². The van der Waals surface area contributed by atoms with Crippen molar-refractivity contribution in [3.8, 4) is 0 Å². The third kappa shape index (κ3) is 18.3. The number of rotatable bonds is 10. The average Bonchev–Trinajstić information content (AvgIpc) is 2.75. The molecule has 0 atom stereocenters.